The fourth-order valence-electron chi connectivity index (χ4n) is 3.69. The molecule has 0 saturated carbocycles. The summed E-state index contributed by atoms with van der Waals surface area (Å²) >= 11 is 1.89. The van der Waals surface area contributed by atoms with Gasteiger partial charge in [-0.25, -0.2) is 4.98 Å². The molecule has 0 atom stereocenters. The summed E-state index contributed by atoms with van der Waals surface area (Å²) in [5.74, 6) is 0.968. The molecule has 3 N–H and O–H groups in total. The van der Waals surface area contributed by atoms with Crippen LogP contribution >= 0.6 is 11.9 Å². The van der Waals surface area contributed by atoms with Crippen LogP contribution in [-0.4, -0.2) is 44.2 Å². The van der Waals surface area contributed by atoms with Gasteiger partial charge in [-0.05, 0) is 18.9 Å². The number of fused-ring (bicyclic) bond motifs is 1. The Balaban J connectivity index is 1.75. The van der Waals surface area contributed by atoms with Crippen molar-refractivity contribution in [2.75, 3.05) is 18.8 Å². The van der Waals surface area contributed by atoms with Gasteiger partial charge in [0.2, 0.25) is 0 Å². The summed E-state index contributed by atoms with van der Waals surface area (Å²) in [4.78, 5) is 16.9. The molecule has 3 aromatic rings. The van der Waals surface area contributed by atoms with Gasteiger partial charge in [0.25, 0.3) is 5.91 Å². The molecule has 0 radical (unpaired) electrons. The number of benzene rings is 1. The van der Waals surface area contributed by atoms with Crippen molar-refractivity contribution in [2.24, 2.45) is 5.73 Å². The van der Waals surface area contributed by atoms with Gasteiger partial charge in [-0.15, -0.1) is 0 Å². The second-order valence-corrected chi connectivity index (χ2v) is 8.09. The van der Waals surface area contributed by atoms with E-state index in [1.165, 1.54) is 0 Å². The molecule has 140 valence electrons. The molecule has 0 aliphatic carbocycles. The molecular weight excluding hydrogens is 358 g/mol. The third-order valence-corrected chi connectivity index (χ3v) is 6.03. The first-order chi connectivity index (χ1) is 13.2. The first-order valence-electron chi connectivity index (χ1n) is 9.29. The van der Waals surface area contributed by atoms with E-state index in [0.717, 1.165) is 54.2 Å². The average molecular weight is 382 g/mol. The van der Waals surface area contributed by atoms with E-state index in [2.05, 4.69) is 21.4 Å². The van der Waals surface area contributed by atoms with Gasteiger partial charge in [-0.2, -0.15) is 5.10 Å². The Hall–Kier alpha value is -2.38. The van der Waals surface area contributed by atoms with Crippen molar-refractivity contribution in [3.63, 3.8) is 0 Å². The van der Waals surface area contributed by atoms with E-state index in [1.807, 2.05) is 42.3 Å². The highest BCUT2D eigenvalue weighted by molar-refractivity contribution is 7.96. The number of nitrogens with one attached hydrogen (secondary N) is 1. The van der Waals surface area contributed by atoms with Crippen LogP contribution < -0.4 is 5.73 Å². The molecule has 1 aromatic carbocycles. The Bertz CT molecular complexity index is 948. The Morgan fingerprint density at radius 3 is 2.70 bits per heavy atom. The molecule has 4 rings (SSSR count). The maximum atomic E-state index is 12.0. The van der Waals surface area contributed by atoms with Crippen molar-refractivity contribution < 1.29 is 4.79 Å². The molecule has 7 heteroatoms. The number of primary amides is 1. The van der Waals surface area contributed by atoms with Crippen LogP contribution in [0.3, 0.4) is 0 Å². The van der Waals surface area contributed by atoms with Gasteiger partial charge < -0.3 is 5.73 Å². The lowest BCUT2D eigenvalue weighted by Crippen LogP contribution is -2.28. The monoisotopic (exact) mass is 381 g/mol. The standard InChI is InChI=1S/C20H23N5OS/c1-2-27-25-10-8-14(9-11-25)17-19-18(24-23-17)15(20(21)26)12-16(22-19)13-6-4-3-5-7-13/h3-7,12,14H,2,8-11H2,1H3,(H2,21,26)(H,23,24). The van der Waals surface area contributed by atoms with Gasteiger partial charge in [0, 0.05) is 30.3 Å². The van der Waals surface area contributed by atoms with Gasteiger partial charge in [0.05, 0.1) is 22.5 Å². The summed E-state index contributed by atoms with van der Waals surface area (Å²) in [7, 11) is 0. The number of piperidine rings is 1. The Morgan fingerprint density at radius 1 is 1.30 bits per heavy atom. The number of nitrogens with zero attached hydrogens (tertiary/aromatic N) is 3. The molecule has 0 bridgehead atoms. The van der Waals surface area contributed by atoms with Crippen molar-refractivity contribution >= 4 is 28.9 Å². The maximum absolute atomic E-state index is 12.0. The fourth-order valence-corrected chi connectivity index (χ4v) is 4.52. The largest absolute Gasteiger partial charge is 0.366 e. The number of rotatable bonds is 5. The quantitative estimate of drug-likeness (QED) is 0.660. The molecule has 27 heavy (non-hydrogen) atoms. The van der Waals surface area contributed by atoms with E-state index in [9.17, 15) is 4.79 Å². The van der Waals surface area contributed by atoms with Gasteiger partial charge in [-0.3, -0.25) is 14.2 Å². The van der Waals surface area contributed by atoms with Crippen LogP contribution in [-0.2, 0) is 0 Å². The van der Waals surface area contributed by atoms with Gasteiger partial charge in [0.1, 0.15) is 5.52 Å². The lowest BCUT2D eigenvalue weighted by Gasteiger charge is -2.29. The van der Waals surface area contributed by atoms with Crippen LogP contribution in [0.5, 0.6) is 0 Å². The molecule has 1 aliphatic heterocycles. The number of aromatic nitrogens is 3. The molecular formula is C20H23N5OS. The van der Waals surface area contributed by atoms with Crippen LogP contribution in [0, 0.1) is 0 Å². The van der Waals surface area contributed by atoms with Crippen LogP contribution in [0.25, 0.3) is 22.3 Å². The zero-order chi connectivity index (χ0) is 18.8. The fraction of sp³-hybridized carbons (Fsp3) is 0.350. The summed E-state index contributed by atoms with van der Waals surface area (Å²) in [5, 5.41) is 7.57. The molecule has 1 aliphatic rings. The number of nitrogens with two attached hydrogens (primary N) is 1. The summed E-state index contributed by atoms with van der Waals surface area (Å²) in [6.45, 7) is 4.26. The van der Waals surface area contributed by atoms with Crippen LogP contribution in [0.1, 0.15) is 41.7 Å². The molecule has 1 saturated heterocycles. The smallest absolute Gasteiger partial charge is 0.251 e. The molecule has 3 heterocycles. The Labute approximate surface area is 162 Å². The zero-order valence-electron chi connectivity index (χ0n) is 15.3. The highest BCUT2D eigenvalue weighted by atomic mass is 32.2. The van der Waals surface area contributed by atoms with Crippen molar-refractivity contribution in [2.45, 2.75) is 25.7 Å². The van der Waals surface area contributed by atoms with Crippen LogP contribution in [0.2, 0.25) is 0 Å². The first kappa shape index (κ1) is 18.0. The van der Waals surface area contributed by atoms with Crippen LogP contribution in [0.4, 0.5) is 0 Å². The number of aromatic amines is 1. The highest BCUT2D eigenvalue weighted by Gasteiger charge is 2.26. The SMILES string of the molecule is CCSN1CCC(c2n[nH]c3c(C(N)=O)cc(-c4ccccc4)nc23)CC1. The molecule has 1 amide bonds. The predicted octanol–water partition coefficient (Wildman–Crippen LogP) is 3.57. The second-order valence-electron chi connectivity index (χ2n) is 6.74. The molecule has 0 unspecified atom stereocenters. The van der Waals surface area contributed by atoms with Crippen molar-refractivity contribution in [1.29, 1.82) is 0 Å². The van der Waals surface area contributed by atoms with Crippen molar-refractivity contribution in [3.8, 4) is 11.3 Å². The van der Waals surface area contributed by atoms with Gasteiger partial charge in [-0.1, -0.05) is 49.2 Å². The highest BCUT2D eigenvalue weighted by Crippen LogP contribution is 2.34. The predicted molar refractivity (Wildman–Crippen MR) is 110 cm³/mol. The Kier molecular flexibility index (Phi) is 5.13. The Morgan fingerprint density at radius 2 is 2.04 bits per heavy atom. The third kappa shape index (κ3) is 3.57. The normalized spacial score (nSPS) is 16.0. The first-order valence-corrected chi connectivity index (χ1v) is 10.2. The third-order valence-electron chi connectivity index (χ3n) is 5.04. The number of pyridine rings is 1. The molecule has 1 fully saturated rings. The average Bonchev–Trinajstić information content (AvgIpc) is 3.12. The van der Waals surface area contributed by atoms with Crippen LogP contribution in [0.15, 0.2) is 36.4 Å². The van der Waals surface area contributed by atoms with Crippen molar-refractivity contribution in [3.05, 3.63) is 47.7 Å². The van der Waals surface area contributed by atoms with E-state index in [1.54, 1.807) is 6.07 Å². The van der Waals surface area contributed by atoms with Crippen molar-refractivity contribution in [1.82, 2.24) is 19.5 Å². The zero-order valence-corrected chi connectivity index (χ0v) is 16.1. The molecule has 2 aromatic heterocycles. The van der Waals surface area contributed by atoms with Gasteiger partial charge in [0.15, 0.2) is 0 Å². The number of H-pyrrole nitrogens is 1. The minimum Gasteiger partial charge on any atom is -0.366 e. The second kappa shape index (κ2) is 7.70. The number of amides is 1. The lowest BCUT2D eigenvalue weighted by atomic mass is 9.93. The van der Waals surface area contributed by atoms with E-state index in [-0.39, 0.29) is 0 Å². The minimum atomic E-state index is -0.469. The van der Waals surface area contributed by atoms with E-state index < -0.39 is 5.91 Å². The number of carbonyl (C=O) groups excluding carboxylic acids is 1. The molecule has 6 nitrogen and oxygen atoms in total. The summed E-state index contributed by atoms with van der Waals surface area (Å²) < 4.78 is 2.42. The van der Waals surface area contributed by atoms with E-state index in [0.29, 0.717) is 17.0 Å². The number of carbonyl (C=O) groups is 1. The lowest BCUT2D eigenvalue weighted by molar-refractivity contribution is 0.100. The minimum absolute atomic E-state index is 0.340. The number of hydrogen-bond donors (Lipinski definition) is 2. The van der Waals surface area contributed by atoms with E-state index >= 15 is 0 Å². The van der Waals surface area contributed by atoms with Gasteiger partial charge >= 0.3 is 0 Å². The topological polar surface area (TPSA) is 87.9 Å². The summed E-state index contributed by atoms with van der Waals surface area (Å²) in [6, 6.07) is 11.6. The molecule has 0 spiro atoms. The van der Waals surface area contributed by atoms with E-state index in [4.69, 9.17) is 10.7 Å². The number of hydrogen-bond acceptors (Lipinski definition) is 5. The summed E-state index contributed by atoms with van der Waals surface area (Å²) in [6.07, 6.45) is 2.08. The summed E-state index contributed by atoms with van der Waals surface area (Å²) in [5.41, 5.74) is 10.2. The maximum Gasteiger partial charge on any atom is 0.251 e.